The van der Waals surface area contributed by atoms with Crippen LogP contribution in [0.25, 0.3) is 10.8 Å². The van der Waals surface area contributed by atoms with Crippen molar-refractivity contribution in [3.05, 3.63) is 74.6 Å². The fraction of sp³-hybridized carbons (Fsp3) is 0.0625. The predicted octanol–water partition coefficient (Wildman–Crippen LogP) is 3.80. The lowest BCUT2D eigenvalue weighted by atomic mass is 10.1. The Balaban J connectivity index is 2.07. The molecule has 1 aromatic heterocycles. The van der Waals surface area contributed by atoms with Gasteiger partial charge in [0.15, 0.2) is 17.4 Å². The van der Waals surface area contributed by atoms with E-state index in [1.165, 1.54) is 10.6 Å². The van der Waals surface area contributed by atoms with Gasteiger partial charge in [0.2, 0.25) is 0 Å². The van der Waals surface area contributed by atoms with Crippen molar-refractivity contribution < 1.29 is 13.9 Å². The second-order valence-corrected chi connectivity index (χ2v) is 5.84. The van der Waals surface area contributed by atoms with Crippen LogP contribution in [0.15, 0.2) is 51.9 Å². The summed E-state index contributed by atoms with van der Waals surface area (Å²) < 4.78 is 29.0. The number of benzene rings is 2. The predicted molar refractivity (Wildman–Crippen MR) is 83.0 cm³/mol. The lowest BCUT2D eigenvalue weighted by Gasteiger charge is -2.09. The first-order valence-corrected chi connectivity index (χ1v) is 7.20. The molecule has 0 aliphatic heterocycles. The molecule has 1 N–H and O–H groups in total. The van der Waals surface area contributed by atoms with E-state index < -0.39 is 17.4 Å². The Bertz CT molecular complexity index is 914. The Labute approximate surface area is 132 Å². The molecule has 0 spiro atoms. The minimum Gasteiger partial charge on any atom is -0.503 e. The maximum atomic E-state index is 13.4. The third-order valence-corrected chi connectivity index (χ3v) is 3.83. The third-order valence-electron chi connectivity index (χ3n) is 3.34. The molecule has 6 heteroatoms. The van der Waals surface area contributed by atoms with E-state index in [1.807, 2.05) is 18.2 Å². The number of rotatable bonds is 2. The zero-order chi connectivity index (χ0) is 15.9. The van der Waals surface area contributed by atoms with E-state index in [9.17, 15) is 13.6 Å². The van der Waals surface area contributed by atoms with Crippen molar-refractivity contribution in [2.24, 2.45) is 0 Å². The molecule has 3 nitrogen and oxygen atoms in total. The lowest BCUT2D eigenvalue weighted by molar-refractivity contribution is 0.395. The number of aromatic hydroxyl groups is 1. The molecule has 0 radical (unpaired) electrons. The highest BCUT2D eigenvalue weighted by molar-refractivity contribution is 9.10. The van der Waals surface area contributed by atoms with E-state index >= 15 is 0 Å². The standard InChI is InChI=1S/C16H10BrF2NO2/c17-12-2-1-10-6-15(21)20(8-11(10)5-12)7-9-3-13(18)16(22)14(19)4-9/h1-6,8,22H,7H2. The fourth-order valence-corrected chi connectivity index (χ4v) is 2.64. The van der Waals surface area contributed by atoms with Crippen molar-refractivity contribution in [2.45, 2.75) is 6.54 Å². The number of phenolic OH excluding ortho intramolecular Hbond substituents is 1. The van der Waals surface area contributed by atoms with E-state index in [0.717, 1.165) is 27.4 Å². The van der Waals surface area contributed by atoms with Gasteiger partial charge in [-0.05, 0) is 40.6 Å². The van der Waals surface area contributed by atoms with Gasteiger partial charge in [-0.25, -0.2) is 8.78 Å². The number of hydrogen-bond acceptors (Lipinski definition) is 2. The number of pyridine rings is 1. The molecule has 3 aromatic rings. The van der Waals surface area contributed by atoms with Crippen LogP contribution in [0.4, 0.5) is 8.78 Å². The van der Waals surface area contributed by atoms with Gasteiger partial charge in [-0.3, -0.25) is 4.79 Å². The van der Waals surface area contributed by atoms with Gasteiger partial charge in [-0.15, -0.1) is 0 Å². The number of aromatic nitrogens is 1. The number of fused-ring (bicyclic) bond motifs is 1. The van der Waals surface area contributed by atoms with Gasteiger partial charge in [0.25, 0.3) is 5.56 Å². The second-order valence-electron chi connectivity index (χ2n) is 4.92. The van der Waals surface area contributed by atoms with Crippen molar-refractivity contribution in [3.63, 3.8) is 0 Å². The van der Waals surface area contributed by atoms with Gasteiger partial charge in [0.1, 0.15) is 0 Å². The Hall–Kier alpha value is -2.21. The molecular weight excluding hydrogens is 356 g/mol. The van der Waals surface area contributed by atoms with Gasteiger partial charge in [0, 0.05) is 16.7 Å². The average molecular weight is 366 g/mol. The summed E-state index contributed by atoms with van der Waals surface area (Å²) >= 11 is 3.36. The molecular formula is C16H10BrF2NO2. The van der Waals surface area contributed by atoms with Crippen LogP contribution in [-0.2, 0) is 6.54 Å². The van der Waals surface area contributed by atoms with E-state index in [0.29, 0.717) is 0 Å². The first-order chi connectivity index (χ1) is 10.4. The first kappa shape index (κ1) is 14.7. The van der Waals surface area contributed by atoms with Crippen LogP contribution in [0, 0.1) is 11.6 Å². The molecule has 2 aromatic carbocycles. The molecule has 1 heterocycles. The number of hydrogen-bond donors (Lipinski definition) is 1. The van der Waals surface area contributed by atoms with Crippen molar-refractivity contribution >= 4 is 26.7 Å². The van der Waals surface area contributed by atoms with Crippen LogP contribution in [0.5, 0.6) is 5.75 Å². The Morgan fingerprint density at radius 2 is 1.73 bits per heavy atom. The van der Waals surface area contributed by atoms with Crippen LogP contribution in [0.1, 0.15) is 5.56 Å². The fourth-order valence-electron chi connectivity index (χ4n) is 2.27. The topological polar surface area (TPSA) is 42.2 Å². The zero-order valence-electron chi connectivity index (χ0n) is 11.2. The quantitative estimate of drug-likeness (QED) is 0.750. The third kappa shape index (κ3) is 2.74. The monoisotopic (exact) mass is 365 g/mol. The Morgan fingerprint density at radius 3 is 2.41 bits per heavy atom. The molecule has 0 bridgehead atoms. The lowest BCUT2D eigenvalue weighted by Crippen LogP contribution is -2.19. The van der Waals surface area contributed by atoms with E-state index in [-0.39, 0.29) is 17.7 Å². The molecule has 0 saturated carbocycles. The van der Waals surface area contributed by atoms with Gasteiger partial charge in [0.05, 0.1) is 6.54 Å². The Kier molecular flexibility index (Phi) is 3.70. The number of nitrogens with zero attached hydrogens (tertiary/aromatic N) is 1. The number of halogens is 3. The average Bonchev–Trinajstić information content (AvgIpc) is 2.46. The summed E-state index contributed by atoms with van der Waals surface area (Å²) in [6.07, 6.45) is 1.63. The highest BCUT2D eigenvalue weighted by atomic mass is 79.9. The maximum absolute atomic E-state index is 13.4. The van der Waals surface area contributed by atoms with Crippen LogP contribution in [0.3, 0.4) is 0 Å². The van der Waals surface area contributed by atoms with E-state index in [2.05, 4.69) is 15.9 Å². The van der Waals surface area contributed by atoms with Crippen LogP contribution < -0.4 is 5.56 Å². The summed E-state index contributed by atoms with van der Waals surface area (Å²) in [5.74, 6) is -3.11. The number of phenols is 1. The van der Waals surface area contributed by atoms with Crippen molar-refractivity contribution in [3.8, 4) is 5.75 Å². The molecule has 0 aliphatic carbocycles. The van der Waals surface area contributed by atoms with Gasteiger partial charge < -0.3 is 9.67 Å². The molecule has 3 rings (SSSR count). The largest absolute Gasteiger partial charge is 0.503 e. The van der Waals surface area contributed by atoms with Gasteiger partial charge in [-0.2, -0.15) is 0 Å². The highest BCUT2D eigenvalue weighted by Crippen LogP contribution is 2.22. The molecule has 0 saturated heterocycles. The summed E-state index contributed by atoms with van der Waals surface area (Å²) in [5.41, 5.74) is -0.0204. The zero-order valence-corrected chi connectivity index (χ0v) is 12.8. The minimum absolute atomic E-state index is 0.00933. The smallest absolute Gasteiger partial charge is 0.251 e. The SMILES string of the molecule is O=c1cc2ccc(Br)cc2cn1Cc1cc(F)c(O)c(F)c1. The van der Waals surface area contributed by atoms with Crippen LogP contribution in [0.2, 0.25) is 0 Å². The van der Waals surface area contributed by atoms with Crippen molar-refractivity contribution in [1.82, 2.24) is 4.57 Å². The van der Waals surface area contributed by atoms with Gasteiger partial charge >= 0.3 is 0 Å². The molecule has 22 heavy (non-hydrogen) atoms. The molecule has 0 aliphatic rings. The van der Waals surface area contributed by atoms with Crippen molar-refractivity contribution in [2.75, 3.05) is 0 Å². The molecule has 0 amide bonds. The summed E-state index contributed by atoms with van der Waals surface area (Å²) in [5, 5.41) is 10.7. The summed E-state index contributed by atoms with van der Waals surface area (Å²) in [6.45, 7) is 0.00933. The molecule has 0 unspecified atom stereocenters. The van der Waals surface area contributed by atoms with Gasteiger partial charge in [-0.1, -0.05) is 22.0 Å². The van der Waals surface area contributed by atoms with Crippen molar-refractivity contribution in [1.29, 1.82) is 0 Å². The molecule has 112 valence electrons. The highest BCUT2D eigenvalue weighted by Gasteiger charge is 2.10. The van der Waals surface area contributed by atoms with E-state index in [1.54, 1.807) is 6.20 Å². The van der Waals surface area contributed by atoms with E-state index in [4.69, 9.17) is 5.11 Å². The second kappa shape index (κ2) is 5.53. The minimum atomic E-state index is -1.05. The summed E-state index contributed by atoms with van der Waals surface area (Å²) in [7, 11) is 0. The maximum Gasteiger partial charge on any atom is 0.251 e. The summed E-state index contributed by atoms with van der Waals surface area (Å²) in [4.78, 5) is 12.1. The summed E-state index contributed by atoms with van der Waals surface area (Å²) in [6, 6.07) is 8.98. The van der Waals surface area contributed by atoms with Crippen LogP contribution in [-0.4, -0.2) is 9.67 Å². The first-order valence-electron chi connectivity index (χ1n) is 6.41. The Morgan fingerprint density at radius 1 is 1.05 bits per heavy atom. The normalized spacial score (nSPS) is 11.0. The molecule has 0 atom stereocenters. The molecule has 0 fully saturated rings. The van der Waals surface area contributed by atoms with Crippen LogP contribution >= 0.6 is 15.9 Å².